The number of sulfonamides is 1. The van der Waals surface area contributed by atoms with Crippen LogP contribution in [0.25, 0.3) is 0 Å². The van der Waals surface area contributed by atoms with Crippen molar-refractivity contribution >= 4 is 10.0 Å². The van der Waals surface area contributed by atoms with Gasteiger partial charge < -0.3 is 1.43 Å². The number of hydrogen-bond acceptors (Lipinski definition) is 2. The third-order valence-corrected chi connectivity index (χ3v) is 2.14. The van der Waals surface area contributed by atoms with Crippen molar-refractivity contribution in [2.24, 2.45) is 5.14 Å². The summed E-state index contributed by atoms with van der Waals surface area (Å²) in [5.41, 5.74) is 0. The van der Waals surface area contributed by atoms with E-state index in [4.69, 9.17) is 5.14 Å². The van der Waals surface area contributed by atoms with E-state index >= 15 is 0 Å². The van der Waals surface area contributed by atoms with Crippen molar-refractivity contribution in [2.75, 3.05) is 5.75 Å². The van der Waals surface area contributed by atoms with Crippen molar-refractivity contribution in [3.8, 4) is 0 Å². The number of primary sulfonamides is 1. The van der Waals surface area contributed by atoms with E-state index in [0.29, 0.717) is 6.42 Å². The molecule has 11 heavy (non-hydrogen) atoms. The molecule has 0 aromatic rings. The van der Waals surface area contributed by atoms with Gasteiger partial charge in [-0.1, -0.05) is 26.2 Å². The molecule has 2 N–H and O–H groups in total. The summed E-state index contributed by atoms with van der Waals surface area (Å²) in [7, 11) is -3.20. The molecule has 0 saturated heterocycles. The molecule has 5 heteroatoms. The van der Waals surface area contributed by atoms with Gasteiger partial charge in [-0.25, -0.2) is 13.6 Å². The largest absolute Gasteiger partial charge is 1.00 e. The predicted molar refractivity (Wildman–Crippen MR) is 43.2 cm³/mol. The summed E-state index contributed by atoms with van der Waals surface area (Å²) in [6.07, 6.45) is 3.87. The Hall–Kier alpha value is 0.910. The summed E-state index contributed by atoms with van der Waals surface area (Å²) in [5.74, 6) is 0.132. The zero-order chi connectivity index (χ0) is 8.04. The summed E-state index contributed by atoms with van der Waals surface area (Å²) in [4.78, 5) is 0. The molecule has 0 aliphatic heterocycles. The third kappa shape index (κ3) is 13.8. The molecule has 0 rings (SSSR count). The van der Waals surface area contributed by atoms with Crippen LogP contribution in [0.1, 0.15) is 34.0 Å². The van der Waals surface area contributed by atoms with Crippen LogP contribution in [0, 0.1) is 0 Å². The fraction of sp³-hybridized carbons (Fsp3) is 1.00. The van der Waals surface area contributed by atoms with Gasteiger partial charge in [0.2, 0.25) is 10.0 Å². The molecule has 64 valence electrons. The van der Waals surface area contributed by atoms with E-state index in [9.17, 15) is 8.42 Å². The van der Waals surface area contributed by atoms with Crippen molar-refractivity contribution in [1.82, 2.24) is 0 Å². The Kier molecular flexibility index (Phi) is 9.91. The first kappa shape index (κ1) is 14.4. The van der Waals surface area contributed by atoms with Gasteiger partial charge in [-0.2, -0.15) is 0 Å². The summed E-state index contributed by atoms with van der Waals surface area (Å²) < 4.78 is 20.7. The predicted octanol–water partition coefficient (Wildman–Crippen LogP) is -2.03. The van der Waals surface area contributed by atoms with E-state index in [2.05, 4.69) is 6.92 Å². The van der Waals surface area contributed by atoms with Crippen LogP contribution >= 0.6 is 0 Å². The van der Waals surface area contributed by atoms with E-state index in [0.717, 1.165) is 19.3 Å². The summed E-state index contributed by atoms with van der Waals surface area (Å²) >= 11 is 0. The van der Waals surface area contributed by atoms with Crippen LogP contribution in [0.5, 0.6) is 0 Å². The quantitative estimate of drug-likeness (QED) is 0.400. The Labute approximate surface area is 92.6 Å². The minimum absolute atomic E-state index is 0. The second-order valence-corrected chi connectivity index (χ2v) is 4.16. The zero-order valence-electron chi connectivity index (χ0n) is 8.34. The Balaban J connectivity index is -0.000000405. The molecule has 0 aromatic carbocycles. The second-order valence-electron chi connectivity index (χ2n) is 2.43. The van der Waals surface area contributed by atoms with Crippen molar-refractivity contribution in [2.45, 2.75) is 32.6 Å². The Morgan fingerprint density at radius 1 is 1.27 bits per heavy atom. The van der Waals surface area contributed by atoms with Gasteiger partial charge in [-0.3, -0.25) is 0 Å². The minimum atomic E-state index is -3.20. The fourth-order valence-electron chi connectivity index (χ4n) is 0.730. The topological polar surface area (TPSA) is 60.2 Å². The van der Waals surface area contributed by atoms with Crippen LogP contribution in [0.4, 0.5) is 0 Å². The monoisotopic (exact) mass is 189 g/mol. The molecule has 0 saturated carbocycles. The molecule has 0 atom stereocenters. The smallest absolute Gasteiger partial charge is 1.00 e. The maximum atomic E-state index is 10.4. The number of unbranched alkanes of at least 4 members (excludes halogenated alkanes) is 3. The van der Waals surface area contributed by atoms with Crippen molar-refractivity contribution in [1.29, 1.82) is 0 Å². The molecule has 0 fully saturated rings. The molecule has 0 spiro atoms. The molecule has 0 radical (unpaired) electrons. The van der Waals surface area contributed by atoms with Crippen molar-refractivity contribution in [3.05, 3.63) is 0 Å². The Morgan fingerprint density at radius 3 is 2.18 bits per heavy atom. The van der Waals surface area contributed by atoms with E-state index in [1.807, 2.05) is 0 Å². The number of hydrogen-bond donors (Lipinski definition) is 1. The molecule has 0 aliphatic rings. The average molecular weight is 189 g/mol. The van der Waals surface area contributed by atoms with Crippen LogP contribution in [-0.4, -0.2) is 14.2 Å². The van der Waals surface area contributed by atoms with Gasteiger partial charge in [0.15, 0.2) is 0 Å². The van der Waals surface area contributed by atoms with Gasteiger partial charge in [-0.15, -0.1) is 0 Å². The summed E-state index contributed by atoms with van der Waals surface area (Å²) in [6.45, 7) is 2.08. The molecule has 0 bridgehead atoms. The van der Waals surface area contributed by atoms with Crippen LogP contribution < -0.4 is 34.7 Å². The second kappa shape index (κ2) is 7.55. The van der Waals surface area contributed by atoms with Crippen LogP contribution in [0.15, 0.2) is 0 Å². The first-order chi connectivity index (χ1) is 4.56. The fourth-order valence-corrected chi connectivity index (χ4v) is 1.34. The average Bonchev–Trinajstić information content (AvgIpc) is 1.78. The number of nitrogens with two attached hydrogens (primary N) is 1. The van der Waals surface area contributed by atoms with Crippen LogP contribution in [0.2, 0.25) is 0 Å². The maximum absolute atomic E-state index is 10.4. The van der Waals surface area contributed by atoms with Gasteiger partial charge in [0.1, 0.15) is 0 Å². The number of rotatable bonds is 5. The van der Waals surface area contributed by atoms with E-state index in [1.54, 1.807) is 0 Å². The molecular weight excluding hydrogens is 173 g/mol. The van der Waals surface area contributed by atoms with Crippen molar-refractivity contribution < 1.29 is 39.4 Å². The van der Waals surface area contributed by atoms with Crippen LogP contribution in [0.3, 0.4) is 0 Å². The molecule has 0 unspecified atom stereocenters. The third-order valence-electron chi connectivity index (χ3n) is 1.28. The molecule has 0 aliphatic carbocycles. The normalized spacial score (nSPS) is 10.7. The SMILES string of the molecule is CCCCCCS(N)(=O)=O.[H-].[Na+]. The molecule has 0 amide bonds. The first-order valence-corrected chi connectivity index (χ1v) is 5.28. The minimum Gasteiger partial charge on any atom is -1.00 e. The Bertz CT molecular complexity index is 172. The van der Waals surface area contributed by atoms with Crippen LogP contribution in [-0.2, 0) is 10.0 Å². The van der Waals surface area contributed by atoms with E-state index < -0.39 is 10.0 Å². The van der Waals surface area contributed by atoms with Gasteiger partial charge in [-0.05, 0) is 6.42 Å². The summed E-state index contributed by atoms with van der Waals surface area (Å²) in [6, 6.07) is 0. The van der Waals surface area contributed by atoms with Gasteiger partial charge in [0.25, 0.3) is 0 Å². The van der Waals surface area contributed by atoms with Gasteiger partial charge >= 0.3 is 29.6 Å². The van der Waals surface area contributed by atoms with Crippen molar-refractivity contribution in [3.63, 3.8) is 0 Å². The Morgan fingerprint density at radius 2 is 1.82 bits per heavy atom. The molecule has 0 heterocycles. The van der Waals surface area contributed by atoms with E-state index in [-0.39, 0.29) is 36.7 Å². The van der Waals surface area contributed by atoms with E-state index in [1.165, 1.54) is 0 Å². The van der Waals surface area contributed by atoms with Gasteiger partial charge in [0, 0.05) is 0 Å². The van der Waals surface area contributed by atoms with Gasteiger partial charge in [0.05, 0.1) is 5.75 Å². The summed E-state index contributed by atoms with van der Waals surface area (Å²) in [5, 5.41) is 4.79. The maximum Gasteiger partial charge on any atom is 1.00 e. The standard InChI is InChI=1S/C6H15NO2S.Na.H/c1-2-3-4-5-6-10(7,8)9;;/h2-6H2,1H3,(H2,7,8,9);;/q;+1;-1. The molecule has 3 nitrogen and oxygen atoms in total. The molecule has 0 aromatic heterocycles. The first-order valence-electron chi connectivity index (χ1n) is 3.56. The molecular formula is C6H16NNaO2S. The zero-order valence-corrected chi connectivity index (χ0v) is 10.2.